The van der Waals surface area contributed by atoms with E-state index in [-0.39, 0.29) is 5.82 Å². The van der Waals surface area contributed by atoms with E-state index >= 15 is 0 Å². The van der Waals surface area contributed by atoms with Gasteiger partial charge in [0.2, 0.25) is 5.89 Å². The van der Waals surface area contributed by atoms with E-state index in [1.54, 1.807) is 12.1 Å². The van der Waals surface area contributed by atoms with Crippen molar-refractivity contribution in [2.24, 2.45) is 5.92 Å². The first-order chi connectivity index (χ1) is 13.2. The maximum absolute atomic E-state index is 13.8. The highest BCUT2D eigenvalue weighted by molar-refractivity contribution is 5.20. The van der Waals surface area contributed by atoms with Crippen LogP contribution in [0.15, 0.2) is 28.8 Å². The SMILES string of the molecule is CN(Cc1nc(Cc2ccccc2F)no1)CC1NNC2CCCCCC21. The number of likely N-dealkylation sites (N-methyl/N-ethyl adjacent to an activating group) is 1. The molecule has 27 heavy (non-hydrogen) atoms. The third-order valence-electron chi connectivity index (χ3n) is 5.77. The molecule has 2 N–H and O–H groups in total. The van der Waals surface area contributed by atoms with Crippen molar-refractivity contribution < 1.29 is 8.91 Å². The minimum atomic E-state index is -0.237. The van der Waals surface area contributed by atoms with Gasteiger partial charge < -0.3 is 4.52 Å². The van der Waals surface area contributed by atoms with Crippen molar-refractivity contribution in [2.45, 2.75) is 57.2 Å². The highest BCUT2D eigenvalue weighted by atomic mass is 19.1. The average molecular weight is 373 g/mol. The van der Waals surface area contributed by atoms with Gasteiger partial charge in [0.1, 0.15) is 5.82 Å². The fraction of sp³-hybridized carbons (Fsp3) is 0.600. The smallest absolute Gasteiger partial charge is 0.240 e. The summed E-state index contributed by atoms with van der Waals surface area (Å²) < 4.78 is 19.2. The quantitative estimate of drug-likeness (QED) is 0.812. The highest BCUT2D eigenvalue weighted by Crippen LogP contribution is 2.29. The second-order valence-electron chi connectivity index (χ2n) is 7.87. The number of rotatable bonds is 6. The Labute approximate surface area is 159 Å². The lowest BCUT2D eigenvalue weighted by atomic mass is 9.90. The van der Waals surface area contributed by atoms with Crippen LogP contribution in [0.1, 0.15) is 49.4 Å². The molecule has 1 aromatic heterocycles. The molecule has 3 atom stereocenters. The Morgan fingerprint density at radius 3 is 2.93 bits per heavy atom. The maximum Gasteiger partial charge on any atom is 0.240 e. The third kappa shape index (κ3) is 4.54. The van der Waals surface area contributed by atoms with Crippen molar-refractivity contribution in [3.63, 3.8) is 0 Å². The number of nitrogens with zero attached hydrogens (tertiary/aromatic N) is 3. The first-order valence-corrected chi connectivity index (χ1v) is 9.93. The summed E-state index contributed by atoms with van der Waals surface area (Å²) in [6, 6.07) is 7.74. The van der Waals surface area contributed by atoms with Gasteiger partial charge in [-0.3, -0.25) is 15.8 Å². The summed E-state index contributed by atoms with van der Waals surface area (Å²) in [5, 5.41) is 4.01. The number of fused-ring (bicyclic) bond motifs is 1. The third-order valence-corrected chi connectivity index (χ3v) is 5.77. The topological polar surface area (TPSA) is 66.2 Å². The lowest BCUT2D eigenvalue weighted by Gasteiger charge is -2.25. The van der Waals surface area contributed by atoms with Crippen LogP contribution in [0.4, 0.5) is 4.39 Å². The molecule has 2 aliphatic rings. The van der Waals surface area contributed by atoms with Gasteiger partial charge in [0.05, 0.1) is 6.54 Å². The molecular formula is C20H28FN5O. The summed E-state index contributed by atoms with van der Waals surface area (Å²) in [5.74, 6) is 1.55. The predicted octanol–water partition coefficient (Wildman–Crippen LogP) is 2.66. The van der Waals surface area contributed by atoms with Crippen LogP contribution in [-0.4, -0.2) is 40.7 Å². The van der Waals surface area contributed by atoms with Crippen molar-refractivity contribution in [1.82, 2.24) is 25.9 Å². The van der Waals surface area contributed by atoms with Crippen LogP contribution in [-0.2, 0) is 13.0 Å². The van der Waals surface area contributed by atoms with E-state index < -0.39 is 0 Å². The second-order valence-corrected chi connectivity index (χ2v) is 7.87. The number of benzene rings is 1. The molecule has 7 heteroatoms. The van der Waals surface area contributed by atoms with Gasteiger partial charge in [0, 0.05) is 25.0 Å². The molecule has 0 amide bonds. The molecule has 2 aromatic rings. The van der Waals surface area contributed by atoms with E-state index in [0.29, 0.717) is 48.2 Å². The molecule has 4 rings (SSSR count). The standard InChI is InChI=1S/C20H28FN5O/c1-26(12-18-15-8-3-2-4-10-17(15)23-24-18)13-20-22-19(25-27-20)11-14-7-5-6-9-16(14)21/h5-7,9,15,17-18,23-24H,2-4,8,10-13H2,1H3. The Bertz CT molecular complexity index is 751. The first kappa shape index (κ1) is 18.5. The molecule has 0 radical (unpaired) electrons. The molecule has 0 spiro atoms. The molecule has 3 unspecified atom stereocenters. The molecule has 1 saturated carbocycles. The molecule has 1 aromatic carbocycles. The van der Waals surface area contributed by atoms with Crippen LogP contribution in [0.3, 0.4) is 0 Å². The molecule has 0 bridgehead atoms. The Morgan fingerprint density at radius 2 is 2.04 bits per heavy atom. The largest absolute Gasteiger partial charge is 0.338 e. The van der Waals surface area contributed by atoms with Crippen molar-refractivity contribution in [2.75, 3.05) is 13.6 Å². The average Bonchev–Trinajstić information content (AvgIpc) is 3.16. The number of aromatic nitrogens is 2. The van der Waals surface area contributed by atoms with E-state index in [2.05, 4.69) is 32.9 Å². The molecule has 1 aliphatic heterocycles. The van der Waals surface area contributed by atoms with E-state index in [1.807, 2.05) is 6.07 Å². The Kier molecular flexibility index (Phi) is 5.80. The summed E-state index contributed by atoms with van der Waals surface area (Å²) >= 11 is 0. The molecule has 1 saturated heterocycles. The fourth-order valence-corrected chi connectivity index (χ4v) is 4.37. The number of hydrogen-bond donors (Lipinski definition) is 2. The van der Waals surface area contributed by atoms with Crippen LogP contribution in [0.25, 0.3) is 0 Å². The zero-order valence-electron chi connectivity index (χ0n) is 15.8. The normalized spacial score (nSPS) is 25.5. The molecule has 2 fully saturated rings. The minimum absolute atomic E-state index is 0.237. The predicted molar refractivity (Wildman–Crippen MR) is 100 cm³/mol. The van der Waals surface area contributed by atoms with Crippen LogP contribution in [0.5, 0.6) is 0 Å². The molecule has 146 valence electrons. The van der Waals surface area contributed by atoms with Crippen molar-refractivity contribution in [3.05, 3.63) is 47.4 Å². The van der Waals surface area contributed by atoms with Crippen LogP contribution >= 0.6 is 0 Å². The van der Waals surface area contributed by atoms with Crippen molar-refractivity contribution in [3.8, 4) is 0 Å². The van der Waals surface area contributed by atoms with E-state index in [9.17, 15) is 4.39 Å². The zero-order chi connectivity index (χ0) is 18.6. The number of hydrazine groups is 1. The maximum atomic E-state index is 13.8. The number of nitrogens with one attached hydrogen (secondary N) is 2. The zero-order valence-corrected chi connectivity index (χ0v) is 15.8. The molecule has 6 nitrogen and oxygen atoms in total. The van der Waals surface area contributed by atoms with Gasteiger partial charge >= 0.3 is 0 Å². The second kappa shape index (κ2) is 8.46. The molecule has 2 heterocycles. The van der Waals surface area contributed by atoms with E-state index in [1.165, 1.54) is 38.2 Å². The minimum Gasteiger partial charge on any atom is -0.338 e. The summed E-state index contributed by atoms with van der Waals surface area (Å²) in [6.07, 6.45) is 6.90. The lowest BCUT2D eigenvalue weighted by Crippen LogP contribution is -2.41. The summed E-state index contributed by atoms with van der Waals surface area (Å²) in [5.41, 5.74) is 7.56. The van der Waals surface area contributed by atoms with E-state index in [0.717, 1.165) is 6.54 Å². The Morgan fingerprint density at radius 1 is 1.19 bits per heavy atom. The molecular weight excluding hydrogens is 345 g/mol. The van der Waals surface area contributed by atoms with Crippen LogP contribution < -0.4 is 10.9 Å². The van der Waals surface area contributed by atoms with E-state index in [4.69, 9.17) is 4.52 Å². The van der Waals surface area contributed by atoms with Crippen molar-refractivity contribution in [1.29, 1.82) is 0 Å². The van der Waals surface area contributed by atoms with Crippen molar-refractivity contribution >= 4 is 0 Å². The summed E-state index contributed by atoms with van der Waals surface area (Å²) in [4.78, 5) is 6.65. The Hall–Kier alpha value is -1.83. The van der Waals surface area contributed by atoms with Gasteiger partial charge in [-0.2, -0.15) is 4.98 Å². The highest BCUT2D eigenvalue weighted by Gasteiger charge is 2.36. The van der Waals surface area contributed by atoms with Gasteiger partial charge in [-0.25, -0.2) is 4.39 Å². The van der Waals surface area contributed by atoms with Crippen LogP contribution in [0.2, 0.25) is 0 Å². The molecule has 1 aliphatic carbocycles. The fourth-order valence-electron chi connectivity index (χ4n) is 4.37. The monoisotopic (exact) mass is 373 g/mol. The summed E-state index contributed by atoms with van der Waals surface area (Å²) in [6.45, 7) is 1.53. The first-order valence-electron chi connectivity index (χ1n) is 9.93. The van der Waals surface area contributed by atoms with Gasteiger partial charge in [-0.05, 0) is 37.4 Å². The lowest BCUT2D eigenvalue weighted by molar-refractivity contribution is 0.226. The van der Waals surface area contributed by atoms with Gasteiger partial charge in [-0.1, -0.05) is 42.6 Å². The Balaban J connectivity index is 1.32. The summed E-state index contributed by atoms with van der Waals surface area (Å²) in [7, 11) is 2.08. The number of halogens is 1. The number of hydrogen-bond acceptors (Lipinski definition) is 6. The van der Waals surface area contributed by atoms with Gasteiger partial charge in [0.15, 0.2) is 5.82 Å². The van der Waals surface area contributed by atoms with Gasteiger partial charge in [0.25, 0.3) is 0 Å². The van der Waals surface area contributed by atoms with Gasteiger partial charge in [-0.15, -0.1) is 0 Å². The van der Waals surface area contributed by atoms with Crippen LogP contribution in [0, 0.1) is 11.7 Å².